The molecule has 0 atom stereocenters. The molecule has 0 aliphatic carbocycles. The molecule has 0 saturated carbocycles. The van der Waals surface area contributed by atoms with E-state index in [9.17, 15) is 13.2 Å². The average Bonchev–Trinajstić information content (AvgIpc) is 2.48. The van der Waals surface area contributed by atoms with E-state index in [0.29, 0.717) is 16.3 Å². The Hall–Kier alpha value is -2.25. The van der Waals surface area contributed by atoms with E-state index in [4.69, 9.17) is 27.2 Å². The molecule has 3 N–H and O–H groups in total. The number of halogens is 1. The molecule has 2 aromatic carbocycles. The minimum Gasteiger partial charge on any atom is -0.481 e. The van der Waals surface area contributed by atoms with Crippen LogP contribution in [-0.2, 0) is 21.1 Å². The van der Waals surface area contributed by atoms with Crippen molar-refractivity contribution in [3.8, 4) is 11.5 Å². The third kappa shape index (κ3) is 4.39. The average molecular weight is 370 g/mol. The largest absolute Gasteiger partial charge is 0.481 e. The number of anilines is 1. The number of sulfone groups is 1. The van der Waals surface area contributed by atoms with Crippen LogP contribution in [0.15, 0.2) is 41.3 Å². The lowest BCUT2D eigenvalue weighted by Gasteiger charge is -2.11. The molecule has 0 aliphatic heterocycles. The van der Waals surface area contributed by atoms with Gasteiger partial charge < -0.3 is 15.6 Å². The number of ether oxygens (including phenoxy) is 1. The predicted molar refractivity (Wildman–Crippen MR) is 91.4 cm³/mol. The second kappa shape index (κ2) is 7.11. The predicted octanol–water partition coefficient (Wildman–Crippen LogP) is 3.14. The highest BCUT2D eigenvalue weighted by molar-refractivity contribution is 7.91. The normalized spacial score (nSPS) is 11.2. The molecule has 24 heavy (non-hydrogen) atoms. The van der Waals surface area contributed by atoms with E-state index >= 15 is 0 Å². The van der Waals surface area contributed by atoms with Gasteiger partial charge in [0.05, 0.1) is 22.8 Å². The molecule has 0 spiro atoms. The maximum Gasteiger partial charge on any atom is 0.307 e. The van der Waals surface area contributed by atoms with Crippen LogP contribution >= 0.6 is 11.6 Å². The Morgan fingerprint density at radius 2 is 1.96 bits per heavy atom. The van der Waals surface area contributed by atoms with Crippen LogP contribution in [0.2, 0.25) is 5.02 Å². The van der Waals surface area contributed by atoms with E-state index in [-0.39, 0.29) is 28.5 Å². The summed E-state index contributed by atoms with van der Waals surface area (Å²) in [6.07, 6.45) is -0.194. The number of benzene rings is 2. The van der Waals surface area contributed by atoms with Gasteiger partial charge in [-0.05, 0) is 42.0 Å². The molecule has 0 radical (unpaired) electrons. The second-order valence-electron chi connectivity index (χ2n) is 5.07. The maximum atomic E-state index is 11.8. The first-order chi connectivity index (χ1) is 11.2. The van der Waals surface area contributed by atoms with Gasteiger partial charge in [-0.15, -0.1) is 0 Å². The van der Waals surface area contributed by atoms with Gasteiger partial charge in [0.1, 0.15) is 11.5 Å². The maximum absolute atomic E-state index is 11.8. The summed E-state index contributed by atoms with van der Waals surface area (Å²) >= 11 is 5.96. The van der Waals surface area contributed by atoms with Crippen molar-refractivity contribution in [2.24, 2.45) is 0 Å². The summed E-state index contributed by atoms with van der Waals surface area (Å²) in [5.41, 5.74) is 6.50. The Balaban J connectivity index is 2.32. The standard InChI is InChI=1S/C16H16ClNO5S/c1-2-24(21,22)13-3-4-15(14(18)9-13)23-12-6-10(7-16(19)20)5-11(17)8-12/h3-6,8-9H,2,7,18H2,1H3,(H,19,20). The lowest BCUT2D eigenvalue weighted by atomic mass is 10.1. The van der Waals surface area contributed by atoms with Crippen molar-refractivity contribution in [1.82, 2.24) is 0 Å². The Bertz CT molecular complexity index is 880. The van der Waals surface area contributed by atoms with Crippen LogP contribution in [-0.4, -0.2) is 25.2 Å². The van der Waals surface area contributed by atoms with E-state index in [2.05, 4.69) is 0 Å². The number of carboxylic acid groups (broad SMARTS) is 1. The van der Waals surface area contributed by atoms with Crippen molar-refractivity contribution < 1.29 is 23.1 Å². The molecule has 0 bridgehead atoms. The van der Waals surface area contributed by atoms with E-state index in [1.807, 2.05) is 0 Å². The molecule has 0 aromatic heterocycles. The Labute approximate surface area is 144 Å². The van der Waals surface area contributed by atoms with Crippen LogP contribution in [0.1, 0.15) is 12.5 Å². The van der Waals surface area contributed by atoms with Gasteiger partial charge in [0.25, 0.3) is 0 Å². The zero-order valence-corrected chi connectivity index (χ0v) is 14.4. The van der Waals surface area contributed by atoms with E-state index < -0.39 is 15.8 Å². The molecule has 0 fully saturated rings. The summed E-state index contributed by atoms with van der Waals surface area (Å²) in [4.78, 5) is 10.9. The number of carboxylic acids is 1. The first kappa shape index (κ1) is 18.1. The van der Waals surface area contributed by atoms with Crippen LogP contribution in [0, 0.1) is 0 Å². The number of hydrogen-bond acceptors (Lipinski definition) is 5. The van der Waals surface area contributed by atoms with E-state index in [1.165, 1.54) is 36.4 Å². The minimum atomic E-state index is -3.36. The van der Waals surface area contributed by atoms with Gasteiger partial charge in [-0.3, -0.25) is 4.79 Å². The van der Waals surface area contributed by atoms with Crippen molar-refractivity contribution in [2.75, 3.05) is 11.5 Å². The third-order valence-electron chi connectivity index (χ3n) is 3.23. The Morgan fingerprint density at radius 3 is 2.54 bits per heavy atom. The molecule has 8 heteroatoms. The van der Waals surface area contributed by atoms with Crippen LogP contribution in [0.3, 0.4) is 0 Å². The summed E-state index contributed by atoms with van der Waals surface area (Å²) in [7, 11) is -3.36. The summed E-state index contributed by atoms with van der Waals surface area (Å²) in [5, 5.41) is 9.18. The molecule has 0 amide bonds. The SMILES string of the molecule is CCS(=O)(=O)c1ccc(Oc2cc(Cl)cc(CC(=O)O)c2)c(N)c1. The molecule has 6 nitrogen and oxygen atoms in total. The number of carbonyl (C=O) groups is 1. The lowest BCUT2D eigenvalue weighted by Crippen LogP contribution is -2.05. The lowest BCUT2D eigenvalue weighted by molar-refractivity contribution is -0.136. The minimum absolute atomic E-state index is 0.0283. The van der Waals surface area contributed by atoms with Gasteiger partial charge in [-0.1, -0.05) is 18.5 Å². The summed E-state index contributed by atoms with van der Waals surface area (Å²) in [6.45, 7) is 1.55. The van der Waals surface area contributed by atoms with E-state index in [0.717, 1.165) is 0 Å². The Morgan fingerprint density at radius 1 is 1.25 bits per heavy atom. The number of hydrogen-bond donors (Lipinski definition) is 2. The van der Waals surface area contributed by atoms with Gasteiger partial charge in [0, 0.05) is 5.02 Å². The summed E-state index contributed by atoms with van der Waals surface area (Å²) in [5.74, 6) is -0.443. The van der Waals surface area contributed by atoms with Crippen LogP contribution < -0.4 is 10.5 Å². The highest BCUT2D eigenvalue weighted by atomic mass is 35.5. The summed E-state index contributed by atoms with van der Waals surface area (Å²) in [6, 6.07) is 8.78. The van der Waals surface area contributed by atoms with Crippen LogP contribution in [0.5, 0.6) is 11.5 Å². The highest BCUT2D eigenvalue weighted by Crippen LogP contribution is 2.32. The first-order valence-corrected chi connectivity index (χ1v) is 9.05. The number of aliphatic carboxylic acids is 1. The second-order valence-corrected chi connectivity index (χ2v) is 7.79. The molecule has 0 heterocycles. The number of nitrogen functional groups attached to an aromatic ring is 1. The fraction of sp³-hybridized carbons (Fsp3) is 0.188. The van der Waals surface area contributed by atoms with Crippen molar-refractivity contribution in [2.45, 2.75) is 18.2 Å². The molecular formula is C16H16ClNO5S. The van der Waals surface area contributed by atoms with Crippen LogP contribution in [0.25, 0.3) is 0 Å². The van der Waals surface area contributed by atoms with Crippen molar-refractivity contribution in [1.29, 1.82) is 0 Å². The third-order valence-corrected chi connectivity index (χ3v) is 5.19. The Kier molecular flexibility index (Phi) is 5.36. The number of nitrogens with two attached hydrogens (primary N) is 1. The molecule has 0 saturated heterocycles. The quantitative estimate of drug-likeness (QED) is 0.757. The molecule has 2 rings (SSSR count). The fourth-order valence-corrected chi connectivity index (χ4v) is 3.23. The van der Waals surface area contributed by atoms with Gasteiger partial charge in [-0.2, -0.15) is 0 Å². The molecule has 2 aromatic rings. The zero-order valence-electron chi connectivity index (χ0n) is 12.8. The van der Waals surface area contributed by atoms with Gasteiger partial charge in [0.2, 0.25) is 0 Å². The van der Waals surface area contributed by atoms with Gasteiger partial charge >= 0.3 is 5.97 Å². The summed E-state index contributed by atoms with van der Waals surface area (Å²) < 4.78 is 29.3. The monoisotopic (exact) mass is 369 g/mol. The van der Waals surface area contributed by atoms with Crippen molar-refractivity contribution in [3.05, 3.63) is 47.0 Å². The zero-order chi connectivity index (χ0) is 17.9. The van der Waals surface area contributed by atoms with E-state index in [1.54, 1.807) is 6.92 Å². The topological polar surface area (TPSA) is 107 Å². The van der Waals surface area contributed by atoms with Crippen molar-refractivity contribution in [3.63, 3.8) is 0 Å². The molecular weight excluding hydrogens is 354 g/mol. The van der Waals surface area contributed by atoms with Crippen molar-refractivity contribution >= 4 is 33.1 Å². The first-order valence-electron chi connectivity index (χ1n) is 7.02. The number of rotatable bonds is 6. The highest BCUT2D eigenvalue weighted by Gasteiger charge is 2.14. The fourth-order valence-electron chi connectivity index (χ4n) is 2.06. The molecule has 0 aliphatic rings. The van der Waals surface area contributed by atoms with Crippen LogP contribution in [0.4, 0.5) is 5.69 Å². The smallest absolute Gasteiger partial charge is 0.307 e. The molecule has 0 unspecified atom stereocenters. The van der Waals surface area contributed by atoms with Gasteiger partial charge in [-0.25, -0.2) is 8.42 Å². The molecule has 128 valence electrons. The van der Waals surface area contributed by atoms with Gasteiger partial charge in [0.15, 0.2) is 9.84 Å².